The van der Waals surface area contributed by atoms with Crippen LogP contribution in [0.2, 0.25) is 0 Å². The number of ether oxygens (including phenoxy) is 1. The number of aryl methyl sites for hydroxylation is 2. The average Bonchev–Trinajstić information content (AvgIpc) is 2.61. The number of oxazole rings is 1. The molecule has 3 nitrogen and oxygen atoms in total. The molecule has 0 unspecified atom stereocenters. The Morgan fingerprint density at radius 3 is 2.33 bits per heavy atom. The van der Waals surface area contributed by atoms with E-state index in [-0.39, 0.29) is 0 Å². The van der Waals surface area contributed by atoms with E-state index >= 15 is 0 Å². The summed E-state index contributed by atoms with van der Waals surface area (Å²) in [6, 6.07) is 8.03. The van der Waals surface area contributed by atoms with E-state index in [1.165, 1.54) is 5.56 Å². The first-order valence-corrected chi connectivity index (χ1v) is 4.79. The highest BCUT2D eigenvalue weighted by Gasteiger charge is 2.10. The van der Waals surface area contributed by atoms with E-state index in [1.54, 1.807) is 7.11 Å². The van der Waals surface area contributed by atoms with Crippen molar-refractivity contribution < 1.29 is 9.15 Å². The van der Waals surface area contributed by atoms with Crippen molar-refractivity contribution in [2.75, 3.05) is 7.11 Å². The van der Waals surface area contributed by atoms with Gasteiger partial charge in [-0.2, -0.15) is 0 Å². The summed E-state index contributed by atoms with van der Waals surface area (Å²) in [4.78, 5) is 4.29. The normalized spacial score (nSPS) is 10.3. The summed E-state index contributed by atoms with van der Waals surface area (Å²) in [6.45, 7) is 3.91. The number of hydrogen-bond acceptors (Lipinski definition) is 3. The standard InChI is InChI=1S/C12H13NO2/c1-8-4-6-10(7-5-8)11-13-9(2)12(14-3)15-11/h4-7H,1-3H3. The first kappa shape index (κ1) is 9.77. The van der Waals surface area contributed by atoms with Crippen molar-refractivity contribution in [2.45, 2.75) is 13.8 Å². The predicted octanol–water partition coefficient (Wildman–Crippen LogP) is 2.97. The van der Waals surface area contributed by atoms with Gasteiger partial charge in [0, 0.05) is 5.56 Å². The molecule has 0 bridgehead atoms. The molecular formula is C12H13NO2. The summed E-state index contributed by atoms with van der Waals surface area (Å²) in [6.07, 6.45) is 0. The zero-order valence-electron chi connectivity index (χ0n) is 9.07. The van der Waals surface area contributed by atoms with Gasteiger partial charge in [-0.3, -0.25) is 0 Å². The van der Waals surface area contributed by atoms with E-state index in [4.69, 9.17) is 9.15 Å². The maximum Gasteiger partial charge on any atom is 0.308 e. The van der Waals surface area contributed by atoms with Crippen LogP contribution >= 0.6 is 0 Å². The average molecular weight is 203 g/mol. The third-order valence-corrected chi connectivity index (χ3v) is 2.24. The Labute approximate surface area is 88.7 Å². The van der Waals surface area contributed by atoms with Crippen molar-refractivity contribution in [3.8, 4) is 17.4 Å². The van der Waals surface area contributed by atoms with Gasteiger partial charge in [-0.1, -0.05) is 17.7 Å². The molecule has 0 radical (unpaired) electrons. The van der Waals surface area contributed by atoms with Gasteiger partial charge >= 0.3 is 5.95 Å². The Morgan fingerprint density at radius 2 is 1.80 bits per heavy atom. The summed E-state index contributed by atoms with van der Waals surface area (Å²) in [7, 11) is 1.58. The molecule has 15 heavy (non-hydrogen) atoms. The molecule has 0 aliphatic rings. The van der Waals surface area contributed by atoms with Gasteiger partial charge in [0.25, 0.3) is 0 Å². The summed E-state index contributed by atoms with van der Waals surface area (Å²) >= 11 is 0. The van der Waals surface area contributed by atoms with Crippen molar-refractivity contribution in [3.05, 3.63) is 35.5 Å². The van der Waals surface area contributed by atoms with Crippen molar-refractivity contribution in [3.63, 3.8) is 0 Å². The van der Waals surface area contributed by atoms with Crippen LogP contribution in [0.15, 0.2) is 28.7 Å². The van der Waals surface area contributed by atoms with Crippen molar-refractivity contribution in [1.29, 1.82) is 0 Å². The smallest absolute Gasteiger partial charge is 0.308 e. The molecule has 2 rings (SSSR count). The highest BCUT2D eigenvalue weighted by Crippen LogP contribution is 2.26. The SMILES string of the molecule is COc1oc(-c2ccc(C)cc2)nc1C. The largest absolute Gasteiger partial charge is 0.467 e. The Kier molecular flexibility index (Phi) is 2.46. The van der Waals surface area contributed by atoms with E-state index < -0.39 is 0 Å². The molecule has 0 atom stereocenters. The molecule has 78 valence electrons. The highest BCUT2D eigenvalue weighted by atomic mass is 16.6. The van der Waals surface area contributed by atoms with E-state index in [1.807, 2.05) is 38.1 Å². The van der Waals surface area contributed by atoms with Crippen LogP contribution < -0.4 is 4.74 Å². The molecule has 0 saturated carbocycles. The Hall–Kier alpha value is -1.77. The second-order valence-electron chi connectivity index (χ2n) is 3.46. The van der Waals surface area contributed by atoms with Gasteiger partial charge in [0.2, 0.25) is 5.89 Å². The van der Waals surface area contributed by atoms with Crippen LogP contribution in [0.1, 0.15) is 11.3 Å². The molecule has 0 amide bonds. The number of benzene rings is 1. The minimum Gasteiger partial charge on any atom is -0.467 e. The Morgan fingerprint density at radius 1 is 1.13 bits per heavy atom. The van der Waals surface area contributed by atoms with Crippen molar-refractivity contribution >= 4 is 0 Å². The lowest BCUT2D eigenvalue weighted by Crippen LogP contribution is -1.81. The van der Waals surface area contributed by atoms with E-state index in [9.17, 15) is 0 Å². The topological polar surface area (TPSA) is 35.3 Å². The molecule has 0 saturated heterocycles. The van der Waals surface area contributed by atoms with Crippen LogP contribution in [0, 0.1) is 13.8 Å². The highest BCUT2D eigenvalue weighted by molar-refractivity contribution is 5.54. The Bertz CT molecular complexity index is 457. The van der Waals surface area contributed by atoms with Crippen molar-refractivity contribution in [1.82, 2.24) is 4.98 Å². The monoisotopic (exact) mass is 203 g/mol. The molecule has 1 heterocycles. The lowest BCUT2D eigenvalue weighted by molar-refractivity contribution is 0.306. The van der Waals surface area contributed by atoms with Gasteiger partial charge in [0.1, 0.15) is 5.69 Å². The summed E-state index contributed by atoms with van der Waals surface area (Å²) in [5.74, 6) is 1.08. The number of methoxy groups -OCH3 is 1. The van der Waals surface area contributed by atoms with E-state index in [0.717, 1.165) is 11.3 Å². The molecule has 1 aromatic heterocycles. The maximum absolute atomic E-state index is 5.46. The molecule has 0 aliphatic heterocycles. The lowest BCUT2D eigenvalue weighted by atomic mass is 10.1. The Balaban J connectivity index is 2.41. The minimum absolute atomic E-state index is 0.477. The minimum atomic E-state index is 0.477. The fourth-order valence-corrected chi connectivity index (χ4v) is 1.39. The van der Waals surface area contributed by atoms with Gasteiger partial charge in [-0.05, 0) is 26.0 Å². The number of aromatic nitrogens is 1. The number of hydrogen-bond donors (Lipinski definition) is 0. The predicted molar refractivity (Wildman–Crippen MR) is 58.0 cm³/mol. The van der Waals surface area contributed by atoms with E-state index in [0.29, 0.717) is 11.8 Å². The lowest BCUT2D eigenvalue weighted by Gasteiger charge is -1.95. The van der Waals surface area contributed by atoms with Crippen LogP contribution in [-0.4, -0.2) is 12.1 Å². The number of nitrogens with zero attached hydrogens (tertiary/aromatic N) is 1. The summed E-state index contributed by atoms with van der Waals surface area (Å²) < 4.78 is 10.5. The zero-order valence-corrected chi connectivity index (χ0v) is 9.07. The first-order chi connectivity index (χ1) is 7.20. The van der Waals surface area contributed by atoms with Crippen LogP contribution in [0.25, 0.3) is 11.5 Å². The first-order valence-electron chi connectivity index (χ1n) is 4.79. The summed E-state index contributed by atoms with van der Waals surface area (Å²) in [5, 5.41) is 0. The quantitative estimate of drug-likeness (QED) is 0.752. The fraction of sp³-hybridized carbons (Fsp3) is 0.250. The molecule has 2 aromatic rings. The summed E-state index contributed by atoms with van der Waals surface area (Å²) in [5.41, 5.74) is 2.95. The van der Waals surface area contributed by atoms with E-state index in [2.05, 4.69) is 4.98 Å². The molecule has 0 spiro atoms. The molecule has 1 aromatic carbocycles. The van der Waals surface area contributed by atoms with Crippen LogP contribution in [0.4, 0.5) is 0 Å². The maximum atomic E-state index is 5.46. The third-order valence-electron chi connectivity index (χ3n) is 2.24. The molecule has 0 fully saturated rings. The van der Waals surface area contributed by atoms with Gasteiger partial charge in [-0.15, -0.1) is 0 Å². The second kappa shape index (κ2) is 3.77. The van der Waals surface area contributed by atoms with Gasteiger partial charge in [0.05, 0.1) is 7.11 Å². The molecular weight excluding hydrogens is 190 g/mol. The van der Waals surface area contributed by atoms with Gasteiger partial charge in [0.15, 0.2) is 0 Å². The zero-order chi connectivity index (χ0) is 10.8. The number of rotatable bonds is 2. The van der Waals surface area contributed by atoms with Crippen LogP contribution in [-0.2, 0) is 0 Å². The second-order valence-corrected chi connectivity index (χ2v) is 3.46. The molecule has 3 heteroatoms. The van der Waals surface area contributed by atoms with Crippen LogP contribution in [0.5, 0.6) is 5.95 Å². The molecule has 0 N–H and O–H groups in total. The fourth-order valence-electron chi connectivity index (χ4n) is 1.39. The van der Waals surface area contributed by atoms with Crippen LogP contribution in [0.3, 0.4) is 0 Å². The van der Waals surface area contributed by atoms with Gasteiger partial charge < -0.3 is 9.15 Å². The van der Waals surface area contributed by atoms with Gasteiger partial charge in [-0.25, -0.2) is 4.98 Å². The third kappa shape index (κ3) is 1.86. The molecule has 0 aliphatic carbocycles. The van der Waals surface area contributed by atoms with Crippen molar-refractivity contribution in [2.24, 2.45) is 0 Å².